The molecule has 2 atom stereocenters. The Bertz CT molecular complexity index is 444. The predicted octanol–water partition coefficient (Wildman–Crippen LogP) is 3.16. The van der Waals surface area contributed by atoms with Gasteiger partial charge in [0.2, 0.25) is 0 Å². The fourth-order valence-electron chi connectivity index (χ4n) is 2.93. The van der Waals surface area contributed by atoms with Crippen LogP contribution in [0.25, 0.3) is 0 Å². The number of hydrogen-bond donors (Lipinski definition) is 1. The van der Waals surface area contributed by atoms with Gasteiger partial charge in [-0.1, -0.05) is 19.8 Å². The van der Waals surface area contributed by atoms with Gasteiger partial charge in [-0.25, -0.2) is 4.98 Å². The van der Waals surface area contributed by atoms with Crippen molar-refractivity contribution in [2.45, 2.75) is 45.6 Å². The second kappa shape index (κ2) is 6.73. The molecule has 1 aliphatic carbocycles. The zero-order chi connectivity index (χ0) is 14.5. The summed E-state index contributed by atoms with van der Waals surface area (Å²) in [6.07, 6.45) is 6.42. The van der Waals surface area contributed by atoms with Gasteiger partial charge in [0.05, 0.1) is 5.56 Å². The van der Waals surface area contributed by atoms with E-state index in [1.807, 2.05) is 31.0 Å². The summed E-state index contributed by atoms with van der Waals surface area (Å²) in [7, 11) is 1.92. The van der Waals surface area contributed by atoms with E-state index in [0.717, 1.165) is 31.1 Å². The van der Waals surface area contributed by atoms with Crippen molar-refractivity contribution >= 4 is 11.7 Å². The number of rotatable bonds is 4. The Morgan fingerprint density at radius 3 is 2.85 bits per heavy atom. The summed E-state index contributed by atoms with van der Waals surface area (Å²) in [5, 5.41) is 3.14. The van der Waals surface area contributed by atoms with Gasteiger partial charge in [-0.05, 0) is 37.8 Å². The molecule has 20 heavy (non-hydrogen) atoms. The van der Waals surface area contributed by atoms with Crippen LogP contribution >= 0.6 is 0 Å². The highest BCUT2D eigenvalue weighted by Gasteiger charge is 2.26. The van der Waals surface area contributed by atoms with Gasteiger partial charge >= 0.3 is 0 Å². The average molecular weight is 275 g/mol. The third kappa shape index (κ3) is 3.50. The van der Waals surface area contributed by atoms with Crippen LogP contribution in [-0.2, 0) is 0 Å². The van der Waals surface area contributed by atoms with Gasteiger partial charge in [-0.15, -0.1) is 0 Å². The first kappa shape index (κ1) is 14.8. The molecule has 0 radical (unpaired) electrons. The quantitative estimate of drug-likeness (QED) is 0.918. The maximum absolute atomic E-state index is 12.5. The van der Waals surface area contributed by atoms with Gasteiger partial charge in [0, 0.05) is 25.8 Å². The van der Waals surface area contributed by atoms with Crippen LogP contribution < -0.4 is 5.32 Å². The Morgan fingerprint density at radius 2 is 2.25 bits per heavy atom. The van der Waals surface area contributed by atoms with Gasteiger partial charge in [-0.2, -0.15) is 0 Å². The number of amides is 1. The van der Waals surface area contributed by atoms with Crippen molar-refractivity contribution < 1.29 is 4.79 Å². The first-order valence-corrected chi connectivity index (χ1v) is 7.59. The summed E-state index contributed by atoms with van der Waals surface area (Å²) < 4.78 is 0. The highest BCUT2D eigenvalue weighted by molar-refractivity contribution is 5.94. The smallest absolute Gasteiger partial charge is 0.255 e. The van der Waals surface area contributed by atoms with Crippen LogP contribution in [0.3, 0.4) is 0 Å². The first-order valence-electron chi connectivity index (χ1n) is 7.59. The molecule has 1 N–H and O–H groups in total. The van der Waals surface area contributed by atoms with Crippen LogP contribution in [0.15, 0.2) is 18.3 Å². The molecule has 1 aromatic rings. The number of hydrogen-bond acceptors (Lipinski definition) is 3. The van der Waals surface area contributed by atoms with Crippen molar-refractivity contribution in [1.29, 1.82) is 0 Å². The third-order valence-electron chi connectivity index (χ3n) is 4.15. The summed E-state index contributed by atoms with van der Waals surface area (Å²) in [6, 6.07) is 4.10. The molecular weight excluding hydrogens is 250 g/mol. The van der Waals surface area contributed by atoms with Gasteiger partial charge in [0.1, 0.15) is 5.82 Å². The fourth-order valence-corrected chi connectivity index (χ4v) is 2.93. The van der Waals surface area contributed by atoms with Crippen molar-refractivity contribution in [3.05, 3.63) is 23.9 Å². The monoisotopic (exact) mass is 275 g/mol. The number of carbonyl (C=O) groups is 1. The maximum Gasteiger partial charge on any atom is 0.255 e. The van der Waals surface area contributed by atoms with Crippen LogP contribution in [0, 0.1) is 5.92 Å². The molecule has 0 aliphatic heterocycles. The summed E-state index contributed by atoms with van der Waals surface area (Å²) in [4.78, 5) is 18.7. The molecule has 0 spiro atoms. The van der Waals surface area contributed by atoms with Crippen LogP contribution in [0.2, 0.25) is 0 Å². The lowest BCUT2D eigenvalue weighted by Gasteiger charge is -2.34. The molecule has 1 aromatic heterocycles. The molecule has 4 heteroatoms. The Labute approximate surface area is 121 Å². The number of nitrogens with one attached hydrogen (secondary N) is 1. The number of anilines is 1. The number of aromatic nitrogens is 1. The van der Waals surface area contributed by atoms with Crippen LogP contribution in [0.4, 0.5) is 5.82 Å². The molecule has 0 aromatic carbocycles. The van der Waals surface area contributed by atoms with Crippen LogP contribution in [-0.4, -0.2) is 35.4 Å². The predicted molar refractivity (Wildman–Crippen MR) is 81.9 cm³/mol. The average Bonchev–Trinajstić information content (AvgIpc) is 2.47. The molecule has 1 amide bonds. The van der Waals surface area contributed by atoms with E-state index in [4.69, 9.17) is 0 Å². The standard InChI is InChI=1S/C16H25N3O/c1-4-17-15-9-8-13(11-18-15)16(20)19(3)14-7-5-6-12(2)10-14/h8-9,11-12,14H,4-7,10H2,1-3H3,(H,17,18). The van der Waals surface area contributed by atoms with E-state index in [9.17, 15) is 4.79 Å². The van der Waals surface area contributed by atoms with E-state index in [0.29, 0.717) is 11.6 Å². The second-order valence-electron chi connectivity index (χ2n) is 5.80. The molecule has 2 rings (SSSR count). The normalized spacial score (nSPS) is 22.4. The Morgan fingerprint density at radius 1 is 1.45 bits per heavy atom. The van der Waals surface area contributed by atoms with E-state index in [1.54, 1.807) is 6.20 Å². The zero-order valence-electron chi connectivity index (χ0n) is 12.7. The molecule has 1 heterocycles. The molecular formula is C16H25N3O. The lowest BCUT2D eigenvalue weighted by atomic mass is 9.86. The molecule has 1 aliphatic rings. The van der Waals surface area contributed by atoms with Crippen LogP contribution in [0.1, 0.15) is 49.9 Å². The Hall–Kier alpha value is -1.58. The second-order valence-corrected chi connectivity index (χ2v) is 5.80. The molecule has 2 unspecified atom stereocenters. The molecule has 1 saturated carbocycles. The number of carbonyl (C=O) groups excluding carboxylic acids is 1. The number of pyridine rings is 1. The van der Waals surface area contributed by atoms with Crippen molar-refractivity contribution in [3.63, 3.8) is 0 Å². The minimum atomic E-state index is 0.0830. The lowest BCUT2D eigenvalue weighted by Crippen LogP contribution is -2.39. The maximum atomic E-state index is 12.5. The van der Waals surface area contributed by atoms with E-state index < -0.39 is 0 Å². The fraction of sp³-hybridized carbons (Fsp3) is 0.625. The molecule has 0 bridgehead atoms. The van der Waals surface area contributed by atoms with E-state index in [-0.39, 0.29) is 5.91 Å². The molecule has 1 fully saturated rings. The lowest BCUT2D eigenvalue weighted by molar-refractivity contribution is 0.0672. The van der Waals surface area contributed by atoms with Gasteiger partial charge < -0.3 is 10.2 Å². The molecule has 4 nitrogen and oxygen atoms in total. The minimum Gasteiger partial charge on any atom is -0.370 e. The summed E-state index contributed by atoms with van der Waals surface area (Å²) in [5.74, 6) is 1.62. The Balaban J connectivity index is 2.02. The van der Waals surface area contributed by atoms with Crippen molar-refractivity contribution in [1.82, 2.24) is 9.88 Å². The first-order chi connectivity index (χ1) is 9.61. The van der Waals surface area contributed by atoms with E-state index in [2.05, 4.69) is 17.2 Å². The SMILES string of the molecule is CCNc1ccc(C(=O)N(C)C2CCCC(C)C2)cn1. The van der Waals surface area contributed by atoms with Crippen molar-refractivity contribution in [2.75, 3.05) is 18.9 Å². The highest BCUT2D eigenvalue weighted by atomic mass is 16.2. The largest absolute Gasteiger partial charge is 0.370 e. The van der Waals surface area contributed by atoms with Gasteiger partial charge in [0.15, 0.2) is 0 Å². The summed E-state index contributed by atoms with van der Waals surface area (Å²) >= 11 is 0. The van der Waals surface area contributed by atoms with Gasteiger partial charge in [-0.3, -0.25) is 4.79 Å². The van der Waals surface area contributed by atoms with Crippen molar-refractivity contribution in [3.8, 4) is 0 Å². The topological polar surface area (TPSA) is 45.2 Å². The van der Waals surface area contributed by atoms with E-state index in [1.165, 1.54) is 12.8 Å². The number of nitrogens with zero attached hydrogens (tertiary/aromatic N) is 2. The summed E-state index contributed by atoms with van der Waals surface area (Å²) in [6.45, 7) is 5.14. The summed E-state index contributed by atoms with van der Waals surface area (Å²) in [5.41, 5.74) is 0.673. The zero-order valence-corrected chi connectivity index (χ0v) is 12.7. The van der Waals surface area contributed by atoms with Crippen LogP contribution in [0.5, 0.6) is 0 Å². The van der Waals surface area contributed by atoms with Gasteiger partial charge in [0.25, 0.3) is 5.91 Å². The third-order valence-corrected chi connectivity index (χ3v) is 4.15. The molecule has 110 valence electrons. The minimum absolute atomic E-state index is 0.0830. The highest BCUT2D eigenvalue weighted by Crippen LogP contribution is 2.27. The molecule has 0 saturated heterocycles. The van der Waals surface area contributed by atoms with E-state index >= 15 is 0 Å². The van der Waals surface area contributed by atoms with Crippen molar-refractivity contribution in [2.24, 2.45) is 5.92 Å². The Kier molecular flexibility index (Phi) is 4.99.